The first-order valence-electron chi connectivity index (χ1n) is 12.7. The molecule has 0 aliphatic carbocycles. The molecule has 0 radical (unpaired) electrons. The van der Waals surface area contributed by atoms with Crippen LogP contribution in [0.4, 0.5) is 11.4 Å². The third-order valence-electron chi connectivity index (χ3n) is 6.44. The van der Waals surface area contributed by atoms with Gasteiger partial charge in [0.15, 0.2) is 0 Å². The van der Waals surface area contributed by atoms with E-state index in [1.807, 2.05) is 72.8 Å². The first-order valence-corrected chi connectivity index (χ1v) is 15.1. The van der Waals surface area contributed by atoms with E-state index in [0.29, 0.717) is 16.3 Å². The second-order valence-corrected chi connectivity index (χ2v) is 11.9. The molecule has 1 unspecified atom stereocenters. The molecule has 0 heterocycles. The zero-order valence-electron chi connectivity index (χ0n) is 21.9. The molecule has 6 nitrogen and oxygen atoms in total. The molecule has 0 spiro atoms. The molecular formula is C32H20Cl4N2O4S. The molecule has 0 fully saturated rings. The zero-order chi connectivity index (χ0) is 30.7. The summed E-state index contributed by atoms with van der Waals surface area (Å²) in [7, 11) is 0. The Morgan fingerprint density at radius 2 is 1.30 bits per heavy atom. The van der Waals surface area contributed by atoms with Gasteiger partial charge in [0.25, 0.3) is 5.91 Å². The molecule has 1 atom stereocenters. The Bertz CT molecular complexity index is 1880. The number of nitrogens with one attached hydrogen (secondary N) is 2. The molecule has 2 amide bonds. The van der Waals surface area contributed by atoms with Crippen molar-refractivity contribution in [3.8, 4) is 0 Å². The number of rotatable bonds is 8. The number of carbonyl (C=O) groups is 3. The average molecular weight is 670 g/mol. The Kier molecular flexibility index (Phi) is 9.49. The van der Waals surface area contributed by atoms with Crippen LogP contribution < -0.4 is 10.6 Å². The Morgan fingerprint density at radius 1 is 0.674 bits per heavy atom. The van der Waals surface area contributed by atoms with Crippen molar-refractivity contribution in [2.24, 2.45) is 0 Å². The quantitative estimate of drug-likeness (QED) is 0.0868. The minimum Gasteiger partial charge on any atom is -0.478 e. The van der Waals surface area contributed by atoms with Crippen molar-refractivity contribution in [3.05, 3.63) is 134 Å². The zero-order valence-corrected chi connectivity index (χ0v) is 25.7. The molecule has 0 aliphatic heterocycles. The number of hydrogen-bond acceptors (Lipinski definition) is 4. The van der Waals surface area contributed by atoms with E-state index in [1.54, 1.807) is 24.3 Å². The van der Waals surface area contributed by atoms with Crippen LogP contribution in [0.1, 0.15) is 31.5 Å². The second kappa shape index (κ2) is 13.3. The molecular weight excluding hydrogens is 650 g/mol. The van der Waals surface area contributed by atoms with E-state index < -0.39 is 33.3 Å². The summed E-state index contributed by atoms with van der Waals surface area (Å²) in [6, 6.07) is 29.6. The van der Waals surface area contributed by atoms with E-state index in [4.69, 9.17) is 46.4 Å². The van der Waals surface area contributed by atoms with Gasteiger partial charge in [0.05, 0.1) is 31.2 Å². The summed E-state index contributed by atoms with van der Waals surface area (Å²) in [6.45, 7) is 0. The van der Waals surface area contributed by atoms with Gasteiger partial charge in [0, 0.05) is 21.7 Å². The highest BCUT2D eigenvalue weighted by Crippen LogP contribution is 2.42. The molecule has 5 aromatic carbocycles. The van der Waals surface area contributed by atoms with Crippen molar-refractivity contribution in [1.29, 1.82) is 0 Å². The van der Waals surface area contributed by atoms with Crippen LogP contribution in [-0.4, -0.2) is 22.9 Å². The summed E-state index contributed by atoms with van der Waals surface area (Å²) in [5, 5.41) is 15.4. The van der Waals surface area contributed by atoms with Crippen molar-refractivity contribution in [3.63, 3.8) is 0 Å². The van der Waals surface area contributed by atoms with Crippen LogP contribution in [0.15, 0.2) is 102 Å². The van der Waals surface area contributed by atoms with Crippen molar-refractivity contribution in [1.82, 2.24) is 0 Å². The van der Waals surface area contributed by atoms with Gasteiger partial charge in [-0.3, -0.25) is 9.59 Å². The average Bonchev–Trinajstić information content (AvgIpc) is 3.01. The summed E-state index contributed by atoms with van der Waals surface area (Å²) in [6.07, 6.45) is 0. The van der Waals surface area contributed by atoms with Gasteiger partial charge in [-0.2, -0.15) is 0 Å². The second-order valence-electron chi connectivity index (χ2n) is 9.22. The van der Waals surface area contributed by atoms with Crippen LogP contribution >= 0.6 is 58.2 Å². The third-order valence-corrected chi connectivity index (χ3v) is 9.49. The van der Waals surface area contributed by atoms with Gasteiger partial charge in [-0.1, -0.05) is 119 Å². The molecule has 3 N–H and O–H groups in total. The minimum atomic E-state index is -1.50. The van der Waals surface area contributed by atoms with Gasteiger partial charge >= 0.3 is 5.97 Å². The highest BCUT2D eigenvalue weighted by molar-refractivity contribution is 8.00. The molecule has 5 aromatic rings. The molecule has 0 saturated heterocycles. The van der Waals surface area contributed by atoms with Gasteiger partial charge in [0.1, 0.15) is 5.25 Å². The largest absolute Gasteiger partial charge is 0.478 e. The van der Waals surface area contributed by atoms with Crippen molar-refractivity contribution < 1.29 is 19.5 Å². The Labute approximate surface area is 270 Å². The molecule has 11 heteroatoms. The maximum atomic E-state index is 13.7. The minimum absolute atomic E-state index is 0.231. The maximum Gasteiger partial charge on any atom is 0.338 e. The van der Waals surface area contributed by atoms with Crippen LogP contribution in [0.3, 0.4) is 0 Å². The smallest absolute Gasteiger partial charge is 0.338 e. The number of carbonyl (C=O) groups excluding carboxylic acids is 2. The van der Waals surface area contributed by atoms with Crippen molar-refractivity contribution >= 4 is 98.1 Å². The molecule has 0 saturated carbocycles. The number of halogens is 4. The molecule has 216 valence electrons. The molecule has 0 bridgehead atoms. The first-order chi connectivity index (χ1) is 20.7. The lowest BCUT2D eigenvalue weighted by atomic mass is 10.1. The number of amides is 2. The van der Waals surface area contributed by atoms with Crippen LogP contribution in [-0.2, 0) is 4.79 Å². The lowest BCUT2D eigenvalue weighted by Crippen LogP contribution is -2.19. The van der Waals surface area contributed by atoms with Crippen molar-refractivity contribution in [2.45, 2.75) is 10.1 Å². The van der Waals surface area contributed by atoms with E-state index in [-0.39, 0.29) is 21.0 Å². The number of benzene rings is 5. The predicted molar refractivity (Wildman–Crippen MR) is 175 cm³/mol. The van der Waals surface area contributed by atoms with E-state index >= 15 is 0 Å². The summed E-state index contributed by atoms with van der Waals surface area (Å²) >= 11 is 25.8. The molecule has 0 aromatic heterocycles. The summed E-state index contributed by atoms with van der Waals surface area (Å²) in [4.78, 5) is 39.6. The third kappa shape index (κ3) is 6.61. The van der Waals surface area contributed by atoms with E-state index in [1.165, 1.54) is 11.8 Å². The van der Waals surface area contributed by atoms with Crippen LogP contribution in [0, 0.1) is 0 Å². The van der Waals surface area contributed by atoms with E-state index in [0.717, 1.165) is 16.3 Å². The predicted octanol–water partition coefficient (Wildman–Crippen LogP) is 9.88. The fourth-order valence-corrected chi connectivity index (χ4v) is 6.56. The van der Waals surface area contributed by atoms with Gasteiger partial charge in [-0.05, 0) is 35.2 Å². The summed E-state index contributed by atoms with van der Waals surface area (Å²) < 4.78 is 0. The number of hydrogen-bond donors (Lipinski definition) is 3. The number of carboxylic acid groups (broad SMARTS) is 1. The number of carboxylic acids is 1. The molecule has 5 rings (SSSR count). The lowest BCUT2D eigenvalue weighted by molar-refractivity contribution is -0.115. The van der Waals surface area contributed by atoms with Crippen molar-refractivity contribution in [2.75, 3.05) is 10.6 Å². The van der Waals surface area contributed by atoms with Gasteiger partial charge in [-0.15, -0.1) is 11.8 Å². The highest BCUT2D eigenvalue weighted by atomic mass is 35.5. The van der Waals surface area contributed by atoms with E-state index in [9.17, 15) is 19.5 Å². The highest BCUT2D eigenvalue weighted by Gasteiger charge is 2.29. The fourth-order valence-electron chi connectivity index (χ4n) is 4.46. The molecule has 43 heavy (non-hydrogen) atoms. The monoisotopic (exact) mass is 668 g/mol. The summed E-state index contributed by atoms with van der Waals surface area (Å²) in [5.41, 5.74) is 0.799. The lowest BCUT2D eigenvalue weighted by Gasteiger charge is -2.19. The maximum absolute atomic E-state index is 13.7. The summed E-state index contributed by atoms with van der Waals surface area (Å²) in [5.74, 6) is -2.58. The van der Waals surface area contributed by atoms with Gasteiger partial charge < -0.3 is 15.7 Å². The number of fused-ring (bicyclic) bond motifs is 1. The first kappa shape index (κ1) is 30.7. The normalized spacial score (nSPS) is 11.6. The van der Waals surface area contributed by atoms with Gasteiger partial charge in [-0.25, -0.2) is 4.79 Å². The van der Waals surface area contributed by atoms with Gasteiger partial charge in [0.2, 0.25) is 5.91 Å². The Balaban J connectivity index is 1.43. The van der Waals surface area contributed by atoms with E-state index in [2.05, 4.69) is 10.6 Å². The van der Waals surface area contributed by atoms with Crippen LogP contribution in [0.5, 0.6) is 0 Å². The van der Waals surface area contributed by atoms with Crippen LogP contribution in [0.25, 0.3) is 10.8 Å². The number of anilines is 2. The Morgan fingerprint density at radius 3 is 2.02 bits per heavy atom. The SMILES string of the molecule is O=C(O)c1c(Cl)c(Cl)c(Cl)c(Cl)c1C(=O)Nc1cccc(SC(C(=O)Nc2cccc3ccccc23)c2ccccc2)c1. The number of aromatic carboxylic acids is 1. The standard InChI is InChI=1S/C32H20Cl4N2O4S/c33-25-23(24(32(41)42)26(34)28(36)27(25)35)30(39)37-19-12-7-13-20(16-19)43-29(18-9-2-1-3-10-18)31(40)38-22-15-6-11-17-8-4-5-14-21(17)22/h1-16,29H,(H,37,39)(H,38,40)(H,41,42). The van der Waals surface area contributed by atoms with Crippen LogP contribution in [0.2, 0.25) is 20.1 Å². The number of thioether (sulfide) groups is 1. The Hall–Kier alpha value is -3.72. The molecule has 0 aliphatic rings. The fraction of sp³-hybridized carbons (Fsp3) is 0.0312. The topological polar surface area (TPSA) is 95.5 Å².